The number of amides is 1. The number of anilines is 1. The summed E-state index contributed by atoms with van der Waals surface area (Å²) in [6, 6.07) is 17.9. The molecule has 8 nitrogen and oxygen atoms in total. The minimum Gasteiger partial charge on any atom is -0.322 e. The van der Waals surface area contributed by atoms with E-state index in [4.69, 9.17) is 0 Å². The Kier molecular flexibility index (Phi) is 5.85. The van der Waals surface area contributed by atoms with Crippen molar-refractivity contribution in [1.82, 2.24) is 29.5 Å². The van der Waals surface area contributed by atoms with Crippen molar-refractivity contribution in [3.63, 3.8) is 0 Å². The predicted octanol–water partition coefficient (Wildman–Crippen LogP) is 4.66. The van der Waals surface area contributed by atoms with Crippen molar-refractivity contribution in [2.24, 2.45) is 0 Å². The molecule has 2 aromatic carbocycles. The van der Waals surface area contributed by atoms with E-state index in [0.29, 0.717) is 10.7 Å². The third-order valence-electron chi connectivity index (χ3n) is 5.50. The van der Waals surface area contributed by atoms with Gasteiger partial charge in [-0.05, 0) is 45.0 Å². The lowest BCUT2D eigenvalue weighted by Gasteiger charge is -2.08. The summed E-state index contributed by atoms with van der Waals surface area (Å²) >= 11 is 1.36. The number of aromatic nitrogens is 6. The molecule has 0 aliphatic heterocycles. The number of nitrogens with zero attached hydrogens (tertiary/aromatic N) is 6. The second kappa shape index (κ2) is 9.11. The molecule has 0 atom stereocenters. The van der Waals surface area contributed by atoms with E-state index >= 15 is 0 Å². The Balaban J connectivity index is 1.32. The van der Waals surface area contributed by atoms with Crippen LogP contribution < -0.4 is 5.32 Å². The lowest BCUT2D eigenvalue weighted by molar-refractivity contribution is -0.113. The number of rotatable bonds is 6. The number of benzene rings is 2. The molecule has 1 amide bonds. The fraction of sp³-hybridized carbons (Fsp3) is 0.160. The number of hydrogen-bond donors (Lipinski definition) is 1. The third kappa shape index (κ3) is 4.17. The monoisotopic (exact) mass is 469 g/mol. The van der Waals surface area contributed by atoms with Gasteiger partial charge >= 0.3 is 0 Å². The molecule has 0 bridgehead atoms. The first-order chi connectivity index (χ1) is 16.5. The van der Waals surface area contributed by atoms with E-state index in [1.54, 1.807) is 10.9 Å². The fourth-order valence-electron chi connectivity index (χ4n) is 3.77. The van der Waals surface area contributed by atoms with Crippen molar-refractivity contribution in [3.8, 4) is 11.4 Å². The van der Waals surface area contributed by atoms with E-state index in [9.17, 15) is 4.79 Å². The van der Waals surface area contributed by atoms with Gasteiger partial charge in [-0.3, -0.25) is 4.79 Å². The molecule has 3 heterocycles. The van der Waals surface area contributed by atoms with Crippen LogP contribution in [-0.2, 0) is 4.79 Å². The number of aryl methyl sites for hydroxylation is 2. The van der Waals surface area contributed by atoms with Gasteiger partial charge in [0.25, 0.3) is 0 Å². The highest BCUT2D eigenvalue weighted by atomic mass is 32.2. The second-order valence-corrected chi connectivity index (χ2v) is 8.90. The van der Waals surface area contributed by atoms with Crippen LogP contribution in [-0.4, -0.2) is 41.2 Å². The van der Waals surface area contributed by atoms with Gasteiger partial charge in [0.15, 0.2) is 5.65 Å². The van der Waals surface area contributed by atoms with E-state index < -0.39 is 0 Å². The van der Waals surface area contributed by atoms with Crippen molar-refractivity contribution < 1.29 is 4.79 Å². The molecule has 34 heavy (non-hydrogen) atoms. The van der Waals surface area contributed by atoms with Gasteiger partial charge in [0.2, 0.25) is 5.91 Å². The van der Waals surface area contributed by atoms with Gasteiger partial charge in [0.1, 0.15) is 11.4 Å². The van der Waals surface area contributed by atoms with Crippen LogP contribution in [0.2, 0.25) is 0 Å². The van der Waals surface area contributed by atoms with Gasteiger partial charge in [-0.15, -0.1) is 0 Å². The minimum absolute atomic E-state index is 0.123. The number of para-hydroxylation sites is 1. The normalized spacial score (nSPS) is 11.1. The van der Waals surface area contributed by atoms with Crippen LogP contribution in [0.5, 0.6) is 0 Å². The van der Waals surface area contributed by atoms with Gasteiger partial charge in [-0.25, -0.2) is 19.3 Å². The van der Waals surface area contributed by atoms with Gasteiger partial charge < -0.3 is 5.32 Å². The number of carbonyl (C=O) groups excluding carboxylic acids is 1. The molecular weight excluding hydrogens is 446 g/mol. The summed E-state index contributed by atoms with van der Waals surface area (Å²) in [6.07, 6.45) is 3.24. The molecule has 9 heteroatoms. The molecular formula is C25H23N7OS. The Morgan fingerprint density at radius 3 is 2.44 bits per heavy atom. The van der Waals surface area contributed by atoms with Crippen molar-refractivity contribution in [1.29, 1.82) is 0 Å². The van der Waals surface area contributed by atoms with E-state index in [0.717, 1.165) is 33.8 Å². The maximum atomic E-state index is 12.8. The van der Waals surface area contributed by atoms with Crippen LogP contribution in [0.4, 0.5) is 5.69 Å². The summed E-state index contributed by atoms with van der Waals surface area (Å²) in [5, 5.41) is 13.6. The Labute approximate surface area is 201 Å². The van der Waals surface area contributed by atoms with Crippen LogP contribution in [0.25, 0.3) is 22.4 Å². The summed E-state index contributed by atoms with van der Waals surface area (Å²) in [5.41, 5.74) is 6.15. The maximum absolute atomic E-state index is 12.8. The smallest absolute Gasteiger partial charge is 0.234 e. The van der Waals surface area contributed by atoms with E-state index in [2.05, 4.69) is 25.5 Å². The number of fused-ring (bicyclic) bond motifs is 1. The Hall–Kier alpha value is -3.98. The first-order valence-corrected chi connectivity index (χ1v) is 11.8. The average Bonchev–Trinajstić information content (AvgIpc) is 3.41. The van der Waals surface area contributed by atoms with E-state index in [-0.39, 0.29) is 11.7 Å². The zero-order valence-corrected chi connectivity index (χ0v) is 19.9. The van der Waals surface area contributed by atoms with Gasteiger partial charge in [-0.1, -0.05) is 47.7 Å². The predicted molar refractivity (Wildman–Crippen MR) is 134 cm³/mol. The molecule has 0 unspecified atom stereocenters. The molecule has 0 aliphatic carbocycles. The highest BCUT2D eigenvalue weighted by Gasteiger charge is 2.17. The van der Waals surface area contributed by atoms with Crippen LogP contribution in [0, 0.1) is 20.8 Å². The van der Waals surface area contributed by atoms with Crippen molar-refractivity contribution in [2.45, 2.75) is 25.8 Å². The molecule has 0 spiro atoms. The summed E-state index contributed by atoms with van der Waals surface area (Å²) in [6.45, 7) is 5.90. The molecule has 0 saturated carbocycles. The molecule has 0 saturated heterocycles. The lowest BCUT2D eigenvalue weighted by atomic mass is 10.2. The minimum atomic E-state index is -0.123. The van der Waals surface area contributed by atoms with Crippen LogP contribution in [0.3, 0.4) is 0 Å². The van der Waals surface area contributed by atoms with Crippen molar-refractivity contribution in [3.05, 3.63) is 84.1 Å². The average molecular weight is 470 g/mol. The number of nitrogens with one attached hydrogen (secondary N) is 1. The Bertz CT molecular complexity index is 1470. The largest absolute Gasteiger partial charge is 0.322 e. The van der Waals surface area contributed by atoms with Gasteiger partial charge in [0.05, 0.1) is 45.8 Å². The highest BCUT2D eigenvalue weighted by Crippen LogP contribution is 2.27. The molecule has 1 N–H and O–H groups in total. The molecule has 0 aliphatic rings. The summed E-state index contributed by atoms with van der Waals surface area (Å²) in [4.78, 5) is 21.6. The highest BCUT2D eigenvalue weighted by molar-refractivity contribution is 8.00. The zero-order chi connectivity index (χ0) is 23.7. The maximum Gasteiger partial charge on any atom is 0.234 e. The topological polar surface area (TPSA) is 90.5 Å². The molecule has 0 radical (unpaired) electrons. The quantitative estimate of drug-likeness (QED) is 0.287. The fourth-order valence-corrected chi connectivity index (χ4v) is 4.53. The molecule has 3 aromatic heterocycles. The van der Waals surface area contributed by atoms with Crippen LogP contribution in [0.1, 0.15) is 17.0 Å². The molecule has 170 valence electrons. The zero-order valence-electron chi connectivity index (χ0n) is 19.1. The van der Waals surface area contributed by atoms with Crippen LogP contribution >= 0.6 is 11.8 Å². The van der Waals surface area contributed by atoms with Gasteiger partial charge in [-0.2, -0.15) is 10.2 Å². The second-order valence-electron chi connectivity index (χ2n) is 7.94. The molecule has 0 fully saturated rings. The first-order valence-electron chi connectivity index (χ1n) is 10.8. The SMILES string of the molecule is Cc1ccc(-n2nc(C)c(NC(=O)CSc3ncnc4c3cnn4-c3ccccc3)c2C)cc1. The van der Waals surface area contributed by atoms with Crippen molar-refractivity contribution in [2.75, 3.05) is 11.1 Å². The van der Waals surface area contributed by atoms with E-state index in [1.165, 1.54) is 23.7 Å². The number of carbonyl (C=O) groups is 1. The van der Waals surface area contributed by atoms with Crippen LogP contribution in [0.15, 0.2) is 72.1 Å². The van der Waals surface area contributed by atoms with E-state index in [1.807, 2.05) is 80.1 Å². The summed E-state index contributed by atoms with van der Waals surface area (Å²) in [7, 11) is 0. The lowest BCUT2D eigenvalue weighted by Crippen LogP contribution is -2.15. The number of hydrogen-bond acceptors (Lipinski definition) is 6. The first kappa shape index (κ1) is 21.8. The van der Waals surface area contributed by atoms with Crippen molar-refractivity contribution >= 4 is 34.4 Å². The summed E-state index contributed by atoms with van der Waals surface area (Å²) in [5.74, 6) is 0.0823. The molecule has 5 aromatic rings. The third-order valence-corrected chi connectivity index (χ3v) is 6.51. The molecule has 5 rings (SSSR count). The Morgan fingerprint density at radius 2 is 1.68 bits per heavy atom. The number of thioether (sulfide) groups is 1. The Morgan fingerprint density at radius 1 is 0.941 bits per heavy atom. The van der Waals surface area contributed by atoms with Gasteiger partial charge in [0, 0.05) is 0 Å². The summed E-state index contributed by atoms with van der Waals surface area (Å²) < 4.78 is 3.62. The standard InChI is InChI=1S/C25H23N7OS/c1-16-9-11-20(12-10-16)31-18(3)23(17(2)30-31)29-22(33)14-34-25-21-13-28-32(24(21)26-15-27-25)19-7-5-4-6-8-19/h4-13,15H,14H2,1-3H3,(H,29,33).